The smallest absolute Gasteiger partial charge is 0.194 e. The summed E-state index contributed by atoms with van der Waals surface area (Å²) in [5.41, 5.74) is 5.97. The number of benzene rings is 2. The Morgan fingerprint density at radius 3 is 1.88 bits per heavy atom. The molecule has 3 rings (SSSR count). The van der Waals surface area contributed by atoms with Gasteiger partial charge in [-0.1, -0.05) is 71.9 Å². The molecule has 0 bridgehead atoms. The Morgan fingerprint density at radius 2 is 1.38 bits per heavy atom. The molecule has 0 unspecified atom stereocenters. The summed E-state index contributed by atoms with van der Waals surface area (Å²) in [6, 6.07) is 14.1. The van der Waals surface area contributed by atoms with Crippen molar-refractivity contribution < 1.29 is 9.53 Å². The van der Waals surface area contributed by atoms with Crippen molar-refractivity contribution in [3.8, 4) is 5.75 Å². The van der Waals surface area contributed by atoms with Gasteiger partial charge in [-0.25, -0.2) is 0 Å². The van der Waals surface area contributed by atoms with Crippen molar-refractivity contribution in [3.63, 3.8) is 0 Å². The Morgan fingerprint density at radius 1 is 0.769 bits per heavy atom. The molecule has 0 radical (unpaired) electrons. The number of hydrogen-bond acceptors (Lipinski definition) is 2. The number of carbonyl (C=O) groups is 1. The van der Waals surface area contributed by atoms with Crippen LogP contribution in [0.15, 0.2) is 42.5 Å². The summed E-state index contributed by atoms with van der Waals surface area (Å²) < 4.78 is 5.27. The van der Waals surface area contributed by atoms with Crippen LogP contribution in [0.5, 0.6) is 5.75 Å². The van der Waals surface area contributed by atoms with Crippen LogP contribution >= 0.6 is 0 Å². The number of ketones is 1. The molecule has 0 fully saturated rings. The molecule has 0 amide bonds. The number of allylic oxidation sites excluding steroid dienone is 2. The molecular weight excluding hydrogens is 320 g/mol. The summed E-state index contributed by atoms with van der Waals surface area (Å²) in [6.07, 6.45) is 0. The largest absolute Gasteiger partial charge is 0.497 e. The first-order valence-corrected chi connectivity index (χ1v) is 9.13. The quantitative estimate of drug-likeness (QED) is 0.651. The van der Waals surface area contributed by atoms with Crippen molar-refractivity contribution in [3.05, 3.63) is 64.7 Å². The monoisotopic (exact) mass is 348 g/mol. The van der Waals surface area contributed by atoms with E-state index in [1.54, 1.807) is 7.11 Å². The number of methoxy groups -OCH3 is 1. The van der Waals surface area contributed by atoms with Gasteiger partial charge in [0.15, 0.2) is 5.78 Å². The molecule has 0 heterocycles. The van der Waals surface area contributed by atoms with E-state index >= 15 is 0 Å². The molecule has 0 atom stereocenters. The molecule has 0 spiro atoms. The third-order valence-electron chi connectivity index (χ3n) is 5.01. The third-order valence-corrected chi connectivity index (χ3v) is 5.01. The number of carbonyl (C=O) groups excluding carboxylic acids is 1. The van der Waals surface area contributed by atoms with Crippen molar-refractivity contribution in [2.45, 2.75) is 47.0 Å². The van der Waals surface area contributed by atoms with Gasteiger partial charge in [-0.15, -0.1) is 0 Å². The highest BCUT2D eigenvalue weighted by molar-refractivity contribution is 6.40. The highest BCUT2D eigenvalue weighted by Gasteiger charge is 2.36. The fourth-order valence-corrected chi connectivity index (χ4v) is 3.61. The van der Waals surface area contributed by atoms with E-state index in [4.69, 9.17) is 4.74 Å². The van der Waals surface area contributed by atoms with Crippen molar-refractivity contribution in [1.82, 2.24) is 0 Å². The minimum atomic E-state index is -0.132. The second-order valence-electron chi connectivity index (χ2n) is 9.07. The van der Waals surface area contributed by atoms with Gasteiger partial charge in [0.2, 0.25) is 0 Å². The minimum absolute atomic E-state index is 0.0456. The zero-order valence-corrected chi connectivity index (χ0v) is 16.9. The highest BCUT2D eigenvalue weighted by atomic mass is 16.5. The molecule has 2 nitrogen and oxygen atoms in total. The van der Waals surface area contributed by atoms with Crippen molar-refractivity contribution >= 4 is 16.9 Å². The minimum Gasteiger partial charge on any atom is -0.497 e. The highest BCUT2D eigenvalue weighted by Crippen LogP contribution is 2.48. The van der Waals surface area contributed by atoms with Crippen LogP contribution in [0.3, 0.4) is 0 Å². The average molecular weight is 348 g/mol. The lowest BCUT2D eigenvalue weighted by atomic mass is 9.78. The fraction of sp³-hybridized carbons (Fsp3) is 0.375. The fourth-order valence-electron chi connectivity index (χ4n) is 3.61. The molecule has 1 aliphatic carbocycles. The normalized spacial score (nSPS) is 14.7. The first kappa shape index (κ1) is 18.4. The van der Waals surface area contributed by atoms with E-state index < -0.39 is 0 Å². The van der Waals surface area contributed by atoms with E-state index in [0.717, 1.165) is 33.6 Å². The Bertz CT molecular complexity index is 885. The van der Waals surface area contributed by atoms with Gasteiger partial charge in [-0.3, -0.25) is 4.79 Å². The molecule has 0 N–H and O–H groups in total. The van der Waals surface area contributed by atoms with Gasteiger partial charge < -0.3 is 4.74 Å². The first-order chi connectivity index (χ1) is 12.0. The van der Waals surface area contributed by atoms with Gasteiger partial charge in [-0.2, -0.15) is 0 Å². The molecule has 0 saturated heterocycles. The molecule has 2 aromatic carbocycles. The average Bonchev–Trinajstić information content (AvgIpc) is 2.86. The molecule has 1 aliphatic rings. The Balaban J connectivity index is 2.26. The molecule has 0 saturated carbocycles. The van der Waals surface area contributed by atoms with Crippen molar-refractivity contribution in [1.29, 1.82) is 0 Å². The lowest BCUT2D eigenvalue weighted by Crippen LogP contribution is -2.13. The van der Waals surface area contributed by atoms with Gasteiger partial charge in [0.1, 0.15) is 5.75 Å². The zero-order valence-electron chi connectivity index (χ0n) is 16.9. The zero-order chi connectivity index (χ0) is 19.3. The Kier molecular flexibility index (Phi) is 4.34. The summed E-state index contributed by atoms with van der Waals surface area (Å²) in [4.78, 5) is 13.3. The van der Waals surface area contributed by atoms with Crippen LogP contribution < -0.4 is 4.74 Å². The standard InChI is InChI=1S/C24H28O2/c1-23(2,3)16-10-13-18-19(14-16)21(24(4,5)6)20(22(18)25)15-8-11-17(26-7)12-9-15/h8-14H,1-7H3. The van der Waals surface area contributed by atoms with E-state index in [0.29, 0.717) is 0 Å². The number of rotatable bonds is 2. The SMILES string of the molecule is COc1ccc(C2=C(C(C)(C)C)c3cc(C(C)(C)C)ccc3C2=O)cc1. The van der Waals surface area contributed by atoms with E-state index in [1.807, 2.05) is 30.3 Å². The van der Waals surface area contributed by atoms with Gasteiger partial charge >= 0.3 is 0 Å². The predicted molar refractivity (Wildman–Crippen MR) is 109 cm³/mol. The van der Waals surface area contributed by atoms with Gasteiger partial charge in [0.25, 0.3) is 0 Å². The van der Waals surface area contributed by atoms with E-state index in [2.05, 4.69) is 53.7 Å². The summed E-state index contributed by atoms with van der Waals surface area (Å²) >= 11 is 0. The molecule has 2 aromatic rings. The van der Waals surface area contributed by atoms with Crippen molar-refractivity contribution in [2.24, 2.45) is 5.41 Å². The van der Waals surface area contributed by atoms with Crippen LogP contribution in [0.25, 0.3) is 11.1 Å². The van der Waals surface area contributed by atoms with E-state index in [-0.39, 0.29) is 16.6 Å². The lowest BCUT2D eigenvalue weighted by molar-refractivity contribution is 0.105. The van der Waals surface area contributed by atoms with E-state index in [9.17, 15) is 4.79 Å². The second kappa shape index (κ2) is 6.12. The van der Waals surface area contributed by atoms with E-state index in [1.165, 1.54) is 5.56 Å². The van der Waals surface area contributed by atoms with Crippen LogP contribution in [0, 0.1) is 5.41 Å². The maximum atomic E-state index is 13.3. The summed E-state index contributed by atoms with van der Waals surface area (Å²) in [6.45, 7) is 13.1. The topological polar surface area (TPSA) is 26.3 Å². The third kappa shape index (κ3) is 3.09. The van der Waals surface area contributed by atoms with Gasteiger partial charge in [0.05, 0.1) is 7.11 Å². The predicted octanol–water partition coefficient (Wildman–Crippen LogP) is 6.15. The second-order valence-corrected chi connectivity index (χ2v) is 9.07. The molecule has 136 valence electrons. The Labute approximate surface area is 156 Å². The maximum Gasteiger partial charge on any atom is 0.194 e. The Hall–Kier alpha value is -2.35. The van der Waals surface area contributed by atoms with Crippen molar-refractivity contribution in [2.75, 3.05) is 7.11 Å². The van der Waals surface area contributed by atoms with Crippen LogP contribution in [-0.4, -0.2) is 12.9 Å². The molecule has 26 heavy (non-hydrogen) atoms. The lowest BCUT2D eigenvalue weighted by Gasteiger charge is -2.25. The number of fused-ring (bicyclic) bond motifs is 1. The van der Waals surface area contributed by atoms with Gasteiger partial charge in [0, 0.05) is 11.1 Å². The number of Topliss-reactive ketones (excluding diaryl/α,β-unsaturated/α-hetero) is 1. The molecule has 0 aliphatic heterocycles. The first-order valence-electron chi connectivity index (χ1n) is 9.13. The van der Waals surface area contributed by atoms with Crippen LogP contribution in [-0.2, 0) is 5.41 Å². The van der Waals surface area contributed by atoms with Gasteiger partial charge in [-0.05, 0) is 45.2 Å². The van der Waals surface area contributed by atoms with Crippen LogP contribution in [0.2, 0.25) is 0 Å². The van der Waals surface area contributed by atoms with Crippen LogP contribution in [0.4, 0.5) is 0 Å². The molecule has 0 aromatic heterocycles. The summed E-state index contributed by atoms with van der Waals surface area (Å²) in [5, 5.41) is 0. The summed E-state index contributed by atoms with van der Waals surface area (Å²) in [7, 11) is 1.65. The van der Waals surface area contributed by atoms with Crippen LogP contribution in [0.1, 0.15) is 68.6 Å². The summed E-state index contributed by atoms with van der Waals surface area (Å²) in [5.74, 6) is 0.917. The molecular formula is C24H28O2. The molecule has 2 heteroatoms. The number of ether oxygens (including phenoxy) is 1. The number of hydrogen-bond donors (Lipinski definition) is 0. The maximum absolute atomic E-state index is 13.3.